The number of methoxy groups -OCH3 is 2. The Morgan fingerprint density at radius 1 is 1.00 bits per heavy atom. The standard InChI is InChI=1S/C20H22Br2O4/c1-11(2)15-10-14(6-7-18(15)24-4)26-19-16(21)8-13(9-17(19)22)12(3)20(23)25-5/h6-12H,1-5H3. The molecule has 0 heterocycles. The van der Waals surface area contributed by atoms with Gasteiger partial charge in [-0.05, 0) is 80.6 Å². The number of ether oxygens (including phenoxy) is 3. The van der Waals surface area contributed by atoms with E-state index in [0.717, 1.165) is 25.8 Å². The highest BCUT2D eigenvalue weighted by atomic mass is 79.9. The summed E-state index contributed by atoms with van der Waals surface area (Å²) in [6.07, 6.45) is 0. The first-order chi connectivity index (χ1) is 12.3. The van der Waals surface area contributed by atoms with Gasteiger partial charge in [-0.1, -0.05) is 13.8 Å². The second-order valence-electron chi connectivity index (χ2n) is 6.22. The highest BCUT2D eigenvalue weighted by molar-refractivity contribution is 9.11. The van der Waals surface area contributed by atoms with Crippen LogP contribution >= 0.6 is 31.9 Å². The van der Waals surface area contributed by atoms with Crippen molar-refractivity contribution in [2.24, 2.45) is 0 Å². The fraction of sp³-hybridized carbons (Fsp3) is 0.350. The van der Waals surface area contributed by atoms with Crippen LogP contribution in [0.25, 0.3) is 0 Å². The Morgan fingerprint density at radius 2 is 1.62 bits per heavy atom. The zero-order valence-corrected chi connectivity index (χ0v) is 18.6. The van der Waals surface area contributed by atoms with Crippen molar-refractivity contribution in [1.29, 1.82) is 0 Å². The molecule has 140 valence electrons. The molecule has 0 aliphatic heterocycles. The monoisotopic (exact) mass is 484 g/mol. The maximum atomic E-state index is 11.8. The maximum Gasteiger partial charge on any atom is 0.312 e. The van der Waals surface area contributed by atoms with E-state index in [9.17, 15) is 4.79 Å². The molecular formula is C20H22Br2O4. The Kier molecular flexibility index (Phi) is 7.12. The van der Waals surface area contributed by atoms with Gasteiger partial charge in [-0.2, -0.15) is 0 Å². The average Bonchev–Trinajstić information content (AvgIpc) is 2.62. The van der Waals surface area contributed by atoms with Crippen molar-refractivity contribution in [1.82, 2.24) is 0 Å². The quantitative estimate of drug-likeness (QED) is 0.443. The molecule has 0 bridgehead atoms. The van der Waals surface area contributed by atoms with E-state index in [1.165, 1.54) is 7.11 Å². The van der Waals surface area contributed by atoms with Gasteiger partial charge in [-0.3, -0.25) is 4.79 Å². The topological polar surface area (TPSA) is 44.8 Å². The van der Waals surface area contributed by atoms with Gasteiger partial charge in [0.25, 0.3) is 0 Å². The summed E-state index contributed by atoms with van der Waals surface area (Å²) >= 11 is 7.08. The minimum atomic E-state index is -0.366. The number of benzene rings is 2. The zero-order chi connectivity index (χ0) is 19.4. The van der Waals surface area contributed by atoms with Crippen molar-refractivity contribution in [3.8, 4) is 17.2 Å². The summed E-state index contributed by atoms with van der Waals surface area (Å²) in [4.78, 5) is 11.8. The smallest absolute Gasteiger partial charge is 0.312 e. The molecule has 0 aliphatic carbocycles. The lowest BCUT2D eigenvalue weighted by Gasteiger charge is -2.17. The van der Waals surface area contributed by atoms with Crippen LogP contribution in [0.15, 0.2) is 39.3 Å². The number of halogens is 2. The Bertz CT molecular complexity index is 779. The molecule has 0 N–H and O–H groups in total. The minimum absolute atomic E-state index is 0.283. The molecule has 0 amide bonds. The van der Waals surface area contributed by atoms with Gasteiger partial charge in [0.1, 0.15) is 11.5 Å². The molecule has 2 rings (SSSR count). The molecule has 2 aromatic rings. The summed E-state index contributed by atoms with van der Waals surface area (Å²) in [5.74, 6) is 1.86. The molecule has 0 saturated heterocycles. The summed E-state index contributed by atoms with van der Waals surface area (Å²) in [5, 5.41) is 0. The maximum absolute atomic E-state index is 11.8. The van der Waals surface area contributed by atoms with E-state index in [4.69, 9.17) is 14.2 Å². The molecule has 0 saturated carbocycles. The van der Waals surface area contributed by atoms with Crippen molar-refractivity contribution < 1.29 is 19.0 Å². The van der Waals surface area contributed by atoms with E-state index in [2.05, 4.69) is 45.7 Å². The van der Waals surface area contributed by atoms with Crippen LogP contribution in [0.4, 0.5) is 0 Å². The first-order valence-electron chi connectivity index (χ1n) is 8.21. The van der Waals surface area contributed by atoms with Gasteiger partial charge >= 0.3 is 5.97 Å². The Hall–Kier alpha value is -1.53. The summed E-state index contributed by atoms with van der Waals surface area (Å²) < 4.78 is 17.8. The highest BCUT2D eigenvalue weighted by Crippen LogP contribution is 2.41. The summed E-state index contributed by atoms with van der Waals surface area (Å²) in [6.45, 7) is 6.02. The molecular weight excluding hydrogens is 464 g/mol. The predicted molar refractivity (Wildman–Crippen MR) is 109 cm³/mol. The molecule has 26 heavy (non-hydrogen) atoms. The van der Waals surface area contributed by atoms with Crippen molar-refractivity contribution in [2.45, 2.75) is 32.6 Å². The fourth-order valence-corrected chi connectivity index (χ4v) is 3.97. The Balaban J connectivity index is 2.36. The first kappa shape index (κ1) is 20.8. The SMILES string of the molecule is COC(=O)C(C)c1cc(Br)c(Oc2ccc(OC)c(C(C)C)c2)c(Br)c1. The summed E-state index contributed by atoms with van der Waals surface area (Å²) in [6, 6.07) is 9.49. The third-order valence-electron chi connectivity index (χ3n) is 4.12. The third-order valence-corrected chi connectivity index (χ3v) is 5.30. The van der Waals surface area contributed by atoms with Crippen LogP contribution in [0.3, 0.4) is 0 Å². The van der Waals surface area contributed by atoms with Gasteiger partial charge in [-0.15, -0.1) is 0 Å². The lowest BCUT2D eigenvalue weighted by molar-refractivity contribution is -0.141. The number of hydrogen-bond acceptors (Lipinski definition) is 4. The fourth-order valence-electron chi connectivity index (χ4n) is 2.58. The minimum Gasteiger partial charge on any atom is -0.496 e. The predicted octanol–water partition coefficient (Wildman–Crippen LogP) is 6.41. The molecule has 1 atom stereocenters. The number of esters is 1. The Labute approximate surface area is 171 Å². The highest BCUT2D eigenvalue weighted by Gasteiger charge is 2.20. The molecule has 4 nitrogen and oxygen atoms in total. The van der Waals surface area contributed by atoms with Crippen LogP contribution in [0.2, 0.25) is 0 Å². The molecule has 0 spiro atoms. The van der Waals surface area contributed by atoms with Crippen LogP contribution in [0.5, 0.6) is 17.2 Å². The van der Waals surface area contributed by atoms with Gasteiger partial charge in [0.2, 0.25) is 0 Å². The molecule has 2 aromatic carbocycles. The zero-order valence-electron chi connectivity index (χ0n) is 15.4. The second kappa shape index (κ2) is 8.91. The summed E-state index contributed by atoms with van der Waals surface area (Å²) in [5.41, 5.74) is 1.91. The van der Waals surface area contributed by atoms with Crippen molar-refractivity contribution in [3.05, 3.63) is 50.4 Å². The van der Waals surface area contributed by atoms with E-state index >= 15 is 0 Å². The largest absolute Gasteiger partial charge is 0.496 e. The average molecular weight is 486 g/mol. The molecule has 0 aliphatic rings. The molecule has 1 unspecified atom stereocenters. The van der Waals surface area contributed by atoms with E-state index in [1.54, 1.807) is 14.0 Å². The van der Waals surface area contributed by atoms with E-state index < -0.39 is 0 Å². The van der Waals surface area contributed by atoms with Crippen LogP contribution in [0, 0.1) is 0 Å². The van der Waals surface area contributed by atoms with Gasteiger partial charge in [0.05, 0.1) is 29.1 Å². The van der Waals surface area contributed by atoms with Crippen LogP contribution in [-0.4, -0.2) is 20.2 Å². The van der Waals surface area contributed by atoms with Crippen molar-refractivity contribution in [3.63, 3.8) is 0 Å². The van der Waals surface area contributed by atoms with Gasteiger partial charge in [-0.25, -0.2) is 0 Å². The Morgan fingerprint density at radius 3 is 2.12 bits per heavy atom. The van der Waals surface area contributed by atoms with Gasteiger partial charge < -0.3 is 14.2 Å². The van der Waals surface area contributed by atoms with Crippen molar-refractivity contribution >= 4 is 37.8 Å². The van der Waals surface area contributed by atoms with Crippen LogP contribution in [0.1, 0.15) is 43.7 Å². The third kappa shape index (κ3) is 4.60. The molecule has 0 aromatic heterocycles. The number of carbonyl (C=O) groups is 1. The molecule has 6 heteroatoms. The normalized spacial score (nSPS) is 12.0. The van der Waals surface area contributed by atoms with E-state index in [-0.39, 0.29) is 11.9 Å². The number of carbonyl (C=O) groups excluding carboxylic acids is 1. The van der Waals surface area contributed by atoms with Crippen molar-refractivity contribution in [2.75, 3.05) is 14.2 Å². The van der Waals surface area contributed by atoms with Crippen LogP contribution < -0.4 is 9.47 Å². The lowest BCUT2D eigenvalue weighted by atomic mass is 10.0. The second-order valence-corrected chi connectivity index (χ2v) is 7.93. The van der Waals surface area contributed by atoms with E-state index in [1.807, 2.05) is 30.3 Å². The molecule has 0 radical (unpaired) electrons. The number of rotatable bonds is 6. The number of hydrogen-bond donors (Lipinski definition) is 0. The first-order valence-corrected chi connectivity index (χ1v) is 9.79. The van der Waals surface area contributed by atoms with Gasteiger partial charge in [0, 0.05) is 5.56 Å². The lowest BCUT2D eigenvalue weighted by Crippen LogP contribution is -2.10. The van der Waals surface area contributed by atoms with Crippen LogP contribution in [-0.2, 0) is 9.53 Å². The van der Waals surface area contributed by atoms with E-state index in [0.29, 0.717) is 17.4 Å². The summed E-state index contributed by atoms with van der Waals surface area (Å²) in [7, 11) is 3.05. The molecule has 0 fully saturated rings. The van der Waals surface area contributed by atoms with Gasteiger partial charge in [0.15, 0.2) is 5.75 Å².